The van der Waals surface area contributed by atoms with Crippen molar-refractivity contribution in [3.63, 3.8) is 0 Å². The fourth-order valence-electron chi connectivity index (χ4n) is 2.01. The first kappa shape index (κ1) is 16.1. The second kappa shape index (κ2) is 6.50. The Bertz CT molecular complexity index is 504. The van der Waals surface area contributed by atoms with Crippen LogP contribution in [0.5, 0.6) is 0 Å². The van der Waals surface area contributed by atoms with Gasteiger partial charge in [0, 0.05) is 11.2 Å². The van der Waals surface area contributed by atoms with Gasteiger partial charge in [0.25, 0.3) is 0 Å². The lowest BCUT2D eigenvalue weighted by Crippen LogP contribution is -2.37. The molecule has 0 spiro atoms. The molecule has 0 aliphatic carbocycles. The molecule has 0 atom stereocenters. The van der Waals surface area contributed by atoms with Crippen molar-refractivity contribution in [2.75, 3.05) is 24.7 Å². The lowest BCUT2D eigenvalue weighted by Gasteiger charge is -2.30. The largest absolute Gasteiger partial charge is 0.395 e. The molecule has 0 bridgehead atoms. The zero-order valence-electron chi connectivity index (χ0n) is 11.5. The normalized spacial score (nSPS) is 12.6. The smallest absolute Gasteiger partial charge is 0.150 e. The SMILES string of the molecule is CCS(=O)(=O)CCC(CO)(CO)c1cccc(C)c1. The van der Waals surface area contributed by atoms with Gasteiger partial charge in [-0.15, -0.1) is 0 Å². The summed E-state index contributed by atoms with van der Waals surface area (Å²) in [6.45, 7) is 2.98. The Labute approximate surface area is 115 Å². The average molecular weight is 286 g/mol. The van der Waals surface area contributed by atoms with Gasteiger partial charge in [-0.25, -0.2) is 8.42 Å². The van der Waals surface area contributed by atoms with Crippen molar-refractivity contribution in [3.05, 3.63) is 35.4 Å². The standard InChI is InChI=1S/C14H22O4S/c1-3-19(17,18)8-7-14(10-15,11-16)13-6-4-5-12(2)9-13/h4-6,9,15-16H,3,7-8,10-11H2,1-2H3. The summed E-state index contributed by atoms with van der Waals surface area (Å²) in [5, 5.41) is 19.3. The van der Waals surface area contributed by atoms with Gasteiger partial charge in [0.15, 0.2) is 0 Å². The van der Waals surface area contributed by atoms with Crippen LogP contribution in [0.25, 0.3) is 0 Å². The van der Waals surface area contributed by atoms with E-state index < -0.39 is 15.3 Å². The van der Waals surface area contributed by atoms with E-state index in [0.717, 1.165) is 11.1 Å². The van der Waals surface area contributed by atoms with Gasteiger partial charge in [-0.1, -0.05) is 36.8 Å². The van der Waals surface area contributed by atoms with E-state index in [9.17, 15) is 18.6 Å². The molecule has 0 aliphatic heterocycles. The van der Waals surface area contributed by atoms with Crippen molar-refractivity contribution in [1.29, 1.82) is 0 Å². The first-order valence-electron chi connectivity index (χ1n) is 6.38. The molecule has 108 valence electrons. The van der Waals surface area contributed by atoms with Crippen molar-refractivity contribution in [2.24, 2.45) is 0 Å². The van der Waals surface area contributed by atoms with E-state index in [1.54, 1.807) is 6.92 Å². The summed E-state index contributed by atoms with van der Waals surface area (Å²) in [6, 6.07) is 7.47. The molecule has 5 heteroatoms. The molecule has 0 amide bonds. The van der Waals surface area contributed by atoms with Crippen molar-refractivity contribution >= 4 is 9.84 Å². The Balaban J connectivity index is 3.04. The Morgan fingerprint density at radius 1 is 1.21 bits per heavy atom. The van der Waals surface area contributed by atoms with Crippen LogP contribution in [0.15, 0.2) is 24.3 Å². The average Bonchev–Trinajstić information content (AvgIpc) is 2.41. The van der Waals surface area contributed by atoms with E-state index in [0.29, 0.717) is 0 Å². The van der Waals surface area contributed by atoms with Gasteiger partial charge in [0.2, 0.25) is 0 Å². The number of rotatable bonds is 7. The molecular formula is C14H22O4S. The third kappa shape index (κ3) is 4.03. The molecule has 0 unspecified atom stereocenters. The molecular weight excluding hydrogens is 264 g/mol. The predicted octanol–water partition coefficient (Wildman–Crippen LogP) is 1.04. The molecule has 0 aromatic heterocycles. The first-order valence-corrected chi connectivity index (χ1v) is 8.20. The first-order chi connectivity index (χ1) is 8.89. The highest BCUT2D eigenvalue weighted by atomic mass is 32.2. The maximum Gasteiger partial charge on any atom is 0.150 e. The minimum absolute atomic E-state index is 0.0292. The summed E-state index contributed by atoms with van der Waals surface area (Å²) in [6.07, 6.45) is 0.222. The summed E-state index contributed by atoms with van der Waals surface area (Å²) >= 11 is 0. The van der Waals surface area contributed by atoms with Crippen LogP contribution in [0.1, 0.15) is 24.5 Å². The molecule has 1 aromatic carbocycles. The Morgan fingerprint density at radius 2 is 1.84 bits per heavy atom. The molecule has 0 saturated heterocycles. The third-order valence-corrected chi connectivity index (χ3v) is 5.27. The zero-order chi connectivity index (χ0) is 14.5. The number of benzene rings is 1. The van der Waals surface area contributed by atoms with Crippen molar-refractivity contribution in [1.82, 2.24) is 0 Å². The molecule has 0 saturated carbocycles. The number of aliphatic hydroxyl groups is 2. The van der Waals surface area contributed by atoms with Gasteiger partial charge >= 0.3 is 0 Å². The Hall–Kier alpha value is -0.910. The number of sulfone groups is 1. The fourth-order valence-corrected chi connectivity index (χ4v) is 3.00. The minimum atomic E-state index is -3.11. The molecule has 0 aliphatic rings. The summed E-state index contributed by atoms with van der Waals surface area (Å²) in [5.41, 5.74) is 0.903. The lowest BCUT2D eigenvalue weighted by atomic mass is 9.79. The summed E-state index contributed by atoms with van der Waals surface area (Å²) < 4.78 is 23.2. The maximum absolute atomic E-state index is 11.6. The highest BCUT2D eigenvalue weighted by Gasteiger charge is 2.32. The van der Waals surface area contributed by atoms with Crippen LogP contribution in [-0.4, -0.2) is 43.4 Å². The van der Waals surface area contributed by atoms with Gasteiger partial charge in [-0.05, 0) is 18.9 Å². The van der Waals surface area contributed by atoms with Gasteiger partial charge in [-0.3, -0.25) is 0 Å². The highest BCUT2D eigenvalue weighted by Crippen LogP contribution is 2.28. The predicted molar refractivity (Wildman–Crippen MR) is 76.0 cm³/mol. The third-order valence-electron chi connectivity index (χ3n) is 3.57. The quantitative estimate of drug-likeness (QED) is 0.785. The van der Waals surface area contributed by atoms with Gasteiger partial charge in [0.1, 0.15) is 9.84 Å². The number of aryl methyl sites for hydroxylation is 1. The van der Waals surface area contributed by atoms with Crippen LogP contribution >= 0.6 is 0 Å². The van der Waals surface area contributed by atoms with Crippen molar-refractivity contribution in [3.8, 4) is 0 Å². The van der Waals surface area contributed by atoms with E-state index in [4.69, 9.17) is 0 Å². The molecule has 1 rings (SSSR count). The van der Waals surface area contributed by atoms with Gasteiger partial charge in [0.05, 0.1) is 19.0 Å². The van der Waals surface area contributed by atoms with Crippen LogP contribution in [0, 0.1) is 6.92 Å². The molecule has 1 aromatic rings. The van der Waals surface area contributed by atoms with Gasteiger partial charge < -0.3 is 10.2 Å². The summed E-state index contributed by atoms with van der Waals surface area (Å²) in [7, 11) is -3.11. The lowest BCUT2D eigenvalue weighted by molar-refractivity contribution is 0.114. The van der Waals surface area contributed by atoms with Crippen LogP contribution in [0.3, 0.4) is 0 Å². The zero-order valence-corrected chi connectivity index (χ0v) is 12.3. The van der Waals surface area contributed by atoms with Crippen LogP contribution < -0.4 is 0 Å². The highest BCUT2D eigenvalue weighted by molar-refractivity contribution is 7.91. The van der Waals surface area contributed by atoms with E-state index >= 15 is 0 Å². The molecule has 0 heterocycles. The fraction of sp³-hybridized carbons (Fsp3) is 0.571. The second-order valence-electron chi connectivity index (χ2n) is 4.95. The molecule has 4 nitrogen and oxygen atoms in total. The van der Waals surface area contributed by atoms with E-state index in [1.807, 2.05) is 31.2 Å². The van der Waals surface area contributed by atoms with Crippen molar-refractivity contribution in [2.45, 2.75) is 25.7 Å². The molecule has 19 heavy (non-hydrogen) atoms. The van der Waals surface area contributed by atoms with E-state index in [2.05, 4.69) is 0 Å². The van der Waals surface area contributed by atoms with Crippen LogP contribution in [0.4, 0.5) is 0 Å². The Kier molecular flexibility index (Phi) is 5.52. The van der Waals surface area contributed by atoms with E-state index in [-0.39, 0.29) is 31.1 Å². The number of hydrogen-bond acceptors (Lipinski definition) is 4. The molecule has 0 radical (unpaired) electrons. The van der Waals surface area contributed by atoms with Crippen molar-refractivity contribution < 1.29 is 18.6 Å². The topological polar surface area (TPSA) is 74.6 Å². The number of aliphatic hydroxyl groups excluding tert-OH is 2. The maximum atomic E-state index is 11.6. The molecule has 2 N–H and O–H groups in total. The molecule has 0 fully saturated rings. The summed E-state index contributed by atoms with van der Waals surface area (Å²) in [4.78, 5) is 0. The van der Waals surface area contributed by atoms with E-state index in [1.165, 1.54) is 0 Å². The summed E-state index contributed by atoms with van der Waals surface area (Å²) in [5.74, 6) is 0.0479. The minimum Gasteiger partial charge on any atom is -0.395 e. The monoisotopic (exact) mass is 286 g/mol. The second-order valence-corrected chi connectivity index (χ2v) is 7.43. The van der Waals surface area contributed by atoms with Gasteiger partial charge in [-0.2, -0.15) is 0 Å². The number of hydrogen-bond donors (Lipinski definition) is 2. The van der Waals surface area contributed by atoms with Crippen LogP contribution in [-0.2, 0) is 15.3 Å². The Morgan fingerprint density at radius 3 is 2.32 bits per heavy atom. The van der Waals surface area contributed by atoms with Crippen LogP contribution in [0.2, 0.25) is 0 Å².